The average Bonchev–Trinajstić information content (AvgIpc) is 3.16. The highest BCUT2D eigenvalue weighted by Gasteiger charge is 2.29. The number of nitrogens with one attached hydrogen (secondary N) is 1. The zero-order valence-corrected chi connectivity index (χ0v) is 17.6. The van der Waals surface area contributed by atoms with Gasteiger partial charge in [-0.3, -0.25) is 9.59 Å². The van der Waals surface area contributed by atoms with Crippen LogP contribution in [-0.2, 0) is 16.1 Å². The molecule has 1 saturated carbocycles. The fourth-order valence-corrected chi connectivity index (χ4v) is 4.30. The number of aliphatic hydroxyl groups excluding tert-OH is 1. The summed E-state index contributed by atoms with van der Waals surface area (Å²) in [6, 6.07) is 14.7. The van der Waals surface area contributed by atoms with Gasteiger partial charge in [0, 0.05) is 11.6 Å². The van der Waals surface area contributed by atoms with E-state index < -0.39 is 0 Å². The fraction of sp³-hybridized carbons (Fsp3) is 0.375. The molecule has 2 aromatic carbocycles. The van der Waals surface area contributed by atoms with E-state index >= 15 is 0 Å². The minimum Gasteiger partial charge on any atom is -0.466 e. The van der Waals surface area contributed by atoms with Crippen molar-refractivity contribution in [3.8, 4) is 0 Å². The predicted octanol–water partition coefficient (Wildman–Crippen LogP) is 3.50. The highest BCUT2D eigenvalue weighted by atomic mass is 16.5. The Morgan fingerprint density at radius 2 is 1.87 bits per heavy atom. The summed E-state index contributed by atoms with van der Waals surface area (Å²) < 4.78 is 7.24. The minimum absolute atomic E-state index is 0.0634. The van der Waals surface area contributed by atoms with Crippen LogP contribution in [-0.4, -0.2) is 33.1 Å². The Balaban J connectivity index is 1.72. The molecule has 2 N–H and O–H groups in total. The quantitative estimate of drug-likeness (QED) is 0.616. The Kier molecular flexibility index (Phi) is 6.32. The van der Waals surface area contributed by atoms with Gasteiger partial charge in [-0.05, 0) is 62.4 Å². The van der Waals surface area contributed by atoms with Crippen molar-refractivity contribution in [2.75, 3.05) is 6.61 Å². The molecule has 0 spiro atoms. The standard InChI is InChI=1S/C24H27N3O4/c1-2-31-23(30)18-9-11-19(12-10-18)27-21-14-16(15-28)8-13-20(21)25-24(27)26-22(29)17-6-4-3-5-7-17/h3-8,13-14,18-19,28H,2,9-12,15H2,1H3,(H,25,26,29)/t18-,19+. The summed E-state index contributed by atoms with van der Waals surface area (Å²) in [4.78, 5) is 32.6. The maximum atomic E-state index is 12.8. The Bertz CT molecular complexity index is 1140. The van der Waals surface area contributed by atoms with Gasteiger partial charge in [0.1, 0.15) is 0 Å². The molecule has 0 saturated heterocycles. The number of imidazole rings is 1. The highest BCUT2D eigenvalue weighted by Crippen LogP contribution is 2.34. The number of aliphatic hydroxyl groups is 1. The van der Waals surface area contributed by atoms with Crippen molar-refractivity contribution < 1.29 is 19.4 Å². The van der Waals surface area contributed by atoms with E-state index in [0.717, 1.165) is 42.3 Å². The van der Waals surface area contributed by atoms with Gasteiger partial charge >= 0.3 is 5.97 Å². The van der Waals surface area contributed by atoms with Crippen LogP contribution < -0.4 is 5.62 Å². The van der Waals surface area contributed by atoms with Crippen molar-refractivity contribution in [3.63, 3.8) is 0 Å². The van der Waals surface area contributed by atoms with Crippen LogP contribution in [0.3, 0.4) is 0 Å². The van der Waals surface area contributed by atoms with E-state index in [9.17, 15) is 14.7 Å². The second-order valence-electron chi connectivity index (χ2n) is 7.87. The number of hydrogen-bond acceptors (Lipinski definition) is 4. The summed E-state index contributed by atoms with van der Waals surface area (Å²) in [6.07, 6.45) is 3.03. The van der Waals surface area contributed by atoms with E-state index in [4.69, 9.17) is 4.74 Å². The lowest BCUT2D eigenvalue weighted by molar-refractivity contribution is -0.149. The summed E-state index contributed by atoms with van der Waals surface area (Å²) in [5, 5.41) is 9.60. The molecule has 1 amide bonds. The van der Waals surface area contributed by atoms with Gasteiger partial charge in [0.15, 0.2) is 0 Å². The molecule has 1 fully saturated rings. The molecular weight excluding hydrogens is 394 g/mol. The van der Waals surface area contributed by atoms with Gasteiger partial charge in [-0.25, -0.2) is 0 Å². The molecule has 162 valence electrons. The Morgan fingerprint density at radius 1 is 1.13 bits per heavy atom. The molecule has 1 aliphatic rings. The SMILES string of the molecule is CCOC(=O)[C@H]1CC[C@@H](n2/c(=N/C(=O)c3ccccc3)[nH]c3ccc(CO)cc32)CC1. The number of esters is 1. The Labute approximate surface area is 180 Å². The number of fused-ring (bicyclic) bond motifs is 1. The summed E-state index contributed by atoms with van der Waals surface area (Å²) in [6.45, 7) is 2.15. The van der Waals surface area contributed by atoms with Crippen LogP contribution in [0, 0.1) is 5.92 Å². The summed E-state index contributed by atoms with van der Waals surface area (Å²) in [5.74, 6) is -0.526. The molecule has 1 heterocycles. The fourth-order valence-electron chi connectivity index (χ4n) is 4.30. The van der Waals surface area contributed by atoms with Crippen LogP contribution in [0.1, 0.15) is 54.6 Å². The van der Waals surface area contributed by atoms with E-state index in [2.05, 4.69) is 14.5 Å². The van der Waals surface area contributed by atoms with Gasteiger partial charge in [0.05, 0.1) is 30.2 Å². The topological polar surface area (TPSA) is 96.7 Å². The van der Waals surface area contributed by atoms with E-state index in [1.807, 2.05) is 43.3 Å². The number of ether oxygens (including phenoxy) is 1. The molecule has 0 radical (unpaired) electrons. The first kappa shape index (κ1) is 21.1. The second-order valence-corrected chi connectivity index (χ2v) is 7.87. The van der Waals surface area contributed by atoms with Crippen molar-refractivity contribution >= 4 is 22.9 Å². The molecule has 31 heavy (non-hydrogen) atoms. The lowest BCUT2D eigenvalue weighted by Gasteiger charge is -2.28. The molecule has 7 nitrogen and oxygen atoms in total. The third-order valence-electron chi connectivity index (χ3n) is 5.89. The van der Waals surface area contributed by atoms with Crippen molar-refractivity contribution in [1.82, 2.24) is 9.55 Å². The number of aromatic amines is 1. The Hall–Kier alpha value is -3.19. The number of rotatable bonds is 5. The molecular formula is C24H27N3O4. The monoisotopic (exact) mass is 421 g/mol. The number of carbonyl (C=O) groups excluding carboxylic acids is 2. The maximum Gasteiger partial charge on any atom is 0.308 e. The number of aromatic nitrogens is 2. The normalized spacial score (nSPS) is 19.5. The highest BCUT2D eigenvalue weighted by molar-refractivity contribution is 5.94. The third-order valence-corrected chi connectivity index (χ3v) is 5.89. The zero-order valence-electron chi connectivity index (χ0n) is 17.6. The van der Waals surface area contributed by atoms with Crippen molar-refractivity contribution in [2.24, 2.45) is 10.9 Å². The number of amides is 1. The van der Waals surface area contributed by atoms with Crippen LogP contribution >= 0.6 is 0 Å². The first-order valence-electron chi connectivity index (χ1n) is 10.8. The molecule has 7 heteroatoms. The van der Waals surface area contributed by atoms with Gasteiger partial charge in [0.25, 0.3) is 5.91 Å². The average molecular weight is 421 g/mol. The Morgan fingerprint density at radius 3 is 2.55 bits per heavy atom. The van der Waals surface area contributed by atoms with Crippen molar-refractivity contribution in [3.05, 3.63) is 65.3 Å². The van der Waals surface area contributed by atoms with Crippen LogP contribution in [0.2, 0.25) is 0 Å². The van der Waals surface area contributed by atoms with Crippen molar-refractivity contribution in [2.45, 2.75) is 45.3 Å². The van der Waals surface area contributed by atoms with Crippen LogP contribution in [0.5, 0.6) is 0 Å². The largest absolute Gasteiger partial charge is 0.466 e. The number of H-pyrrole nitrogens is 1. The smallest absolute Gasteiger partial charge is 0.308 e. The summed E-state index contributed by atoms with van der Waals surface area (Å²) >= 11 is 0. The molecule has 0 atom stereocenters. The van der Waals surface area contributed by atoms with Crippen molar-refractivity contribution in [1.29, 1.82) is 0 Å². The van der Waals surface area contributed by atoms with Gasteiger partial charge in [-0.15, -0.1) is 0 Å². The lowest BCUT2D eigenvalue weighted by Crippen LogP contribution is -2.30. The first-order valence-corrected chi connectivity index (χ1v) is 10.8. The predicted molar refractivity (Wildman–Crippen MR) is 116 cm³/mol. The number of hydrogen-bond donors (Lipinski definition) is 2. The lowest BCUT2D eigenvalue weighted by atomic mass is 9.86. The minimum atomic E-state index is -0.316. The molecule has 4 rings (SSSR count). The second kappa shape index (κ2) is 9.31. The molecule has 3 aromatic rings. The molecule has 0 bridgehead atoms. The van der Waals surface area contributed by atoms with Gasteiger partial charge in [-0.2, -0.15) is 4.99 Å². The third kappa shape index (κ3) is 4.46. The zero-order chi connectivity index (χ0) is 21.8. The number of benzene rings is 2. The van der Waals surface area contributed by atoms with Crippen LogP contribution in [0.15, 0.2) is 53.5 Å². The van der Waals surface area contributed by atoms with Crippen LogP contribution in [0.25, 0.3) is 11.0 Å². The number of carbonyl (C=O) groups is 2. The first-order chi connectivity index (χ1) is 15.1. The van der Waals surface area contributed by atoms with E-state index in [1.165, 1.54) is 0 Å². The molecule has 0 aliphatic heterocycles. The van der Waals surface area contributed by atoms with Gasteiger partial charge in [0.2, 0.25) is 5.62 Å². The van der Waals surface area contributed by atoms with Gasteiger partial charge in [-0.1, -0.05) is 24.3 Å². The summed E-state index contributed by atoms with van der Waals surface area (Å²) in [5.41, 5.74) is 3.55. The summed E-state index contributed by atoms with van der Waals surface area (Å²) in [7, 11) is 0. The van der Waals surface area contributed by atoms with Gasteiger partial charge < -0.3 is 19.4 Å². The molecule has 1 aliphatic carbocycles. The number of nitrogens with zero attached hydrogens (tertiary/aromatic N) is 2. The van der Waals surface area contributed by atoms with E-state index in [0.29, 0.717) is 17.8 Å². The molecule has 0 unspecified atom stereocenters. The van der Waals surface area contributed by atoms with E-state index in [1.54, 1.807) is 12.1 Å². The van der Waals surface area contributed by atoms with E-state index in [-0.39, 0.29) is 30.4 Å². The van der Waals surface area contributed by atoms with Crippen LogP contribution in [0.4, 0.5) is 0 Å². The molecule has 1 aromatic heterocycles. The maximum absolute atomic E-state index is 12.8.